The number of amides is 3. The topological polar surface area (TPSA) is 94.0 Å². The number of hydrazone groups is 1. The Hall–Kier alpha value is -3.35. The van der Waals surface area contributed by atoms with E-state index in [0.717, 1.165) is 28.1 Å². The molecule has 0 spiro atoms. The van der Waals surface area contributed by atoms with Crippen LogP contribution in [0.15, 0.2) is 47.6 Å². The number of aromatic hydroxyl groups is 1. The number of carbonyl (C=O) groups excluding carboxylic acids is 2. The van der Waals surface area contributed by atoms with Crippen LogP contribution < -0.4 is 10.6 Å². The number of hydrogen-bond acceptors (Lipinski definition) is 4. The molecule has 4 rings (SSSR count). The van der Waals surface area contributed by atoms with E-state index in [9.17, 15) is 14.7 Å². The van der Waals surface area contributed by atoms with Gasteiger partial charge in [0.1, 0.15) is 5.75 Å². The molecule has 0 saturated heterocycles. The lowest BCUT2D eigenvalue weighted by molar-refractivity contribution is -0.130. The number of rotatable bonds is 3. The van der Waals surface area contributed by atoms with E-state index in [1.807, 2.05) is 24.3 Å². The number of phenols is 1. The molecule has 0 bridgehead atoms. The average molecular weight is 350 g/mol. The van der Waals surface area contributed by atoms with Gasteiger partial charge >= 0.3 is 6.03 Å². The van der Waals surface area contributed by atoms with Crippen molar-refractivity contribution in [2.75, 3.05) is 11.9 Å². The molecule has 2 aliphatic heterocycles. The second kappa shape index (κ2) is 6.51. The lowest BCUT2D eigenvalue weighted by atomic mass is 10.0. The van der Waals surface area contributed by atoms with Crippen molar-refractivity contribution in [2.45, 2.75) is 19.4 Å². The van der Waals surface area contributed by atoms with Crippen LogP contribution in [-0.4, -0.2) is 34.3 Å². The Balaban J connectivity index is 1.49. The molecule has 2 aliphatic rings. The van der Waals surface area contributed by atoms with Crippen LogP contribution in [0.4, 0.5) is 10.5 Å². The van der Waals surface area contributed by atoms with Gasteiger partial charge in [-0.2, -0.15) is 5.10 Å². The Labute approximate surface area is 150 Å². The number of anilines is 1. The smallest absolute Gasteiger partial charge is 0.319 e. The highest BCUT2D eigenvalue weighted by atomic mass is 16.3. The molecule has 0 atom stereocenters. The molecule has 2 aromatic rings. The Morgan fingerprint density at radius 1 is 1.23 bits per heavy atom. The van der Waals surface area contributed by atoms with Crippen LogP contribution in [0.5, 0.6) is 5.75 Å². The van der Waals surface area contributed by atoms with Crippen LogP contribution in [-0.2, 0) is 17.8 Å². The van der Waals surface area contributed by atoms with Crippen molar-refractivity contribution in [3.8, 4) is 5.75 Å². The highest BCUT2D eigenvalue weighted by molar-refractivity contribution is 6.03. The maximum absolute atomic E-state index is 12.5. The molecule has 0 saturated carbocycles. The van der Waals surface area contributed by atoms with Gasteiger partial charge in [-0.15, -0.1) is 0 Å². The van der Waals surface area contributed by atoms with E-state index in [1.165, 1.54) is 5.01 Å². The molecule has 26 heavy (non-hydrogen) atoms. The van der Waals surface area contributed by atoms with E-state index in [1.54, 1.807) is 18.2 Å². The molecule has 132 valence electrons. The molecule has 0 aliphatic carbocycles. The first-order valence-corrected chi connectivity index (χ1v) is 8.42. The minimum absolute atomic E-state index is 0.0995. The van der Waals surface area contributed by atoms with E-state index in [0.29, 0.717) is 19.5 Å². The molecule has 0 radical (unpaired) electrons. The predicted molar refractivity (Wildman–Crippen MR) is 97.0 cm³/mol. The predicted octanol–water partition coefficient (Wildman–Crippen LogP) is 2.21. The fourth-order valence-electron chi connectivity index (χ4n) is 3.16. The first-order chi connectivity index (χ1) is 12.6. The van der Waals surface area contributed by atoms with Gasteiger partial charge in [0.05, 0.1) is 18.7 Å². The lowest BCUT2D eigenvalue weighted by Crippen LogP contribution is -2.33. The average Bonchev–Trinajstić information content (AvgIpc) is 3.11. The normalized spacial score (nSPS) is 15.8. The maximum Gasteiger partial charge on any atom is 0.319 e. The van der Waals surface area contributed by atoms with Gasteiger partial charge in [-0.1, -0.05) is 18.2 Å². The van der Waals surface area contributed by atoms with E-state index in [4.69, 9.17) is 0 Å². The van der Waals surface area contributed by atoms with Gasteiger partial charge in [-0.3, -0.25) is 4.79 Å². The zero-order valence-electron chi connectivity index (χ0n) is 14.0. The molecular formula is C19H18N4O3. The summed E-state index contributed by atoms with van der Waals surface area (Å²) in [6, 6.07) is 12.3. The zero-order valence-corrected chi connectivity index (χ0v) is 14.0. The largest absolute Gasteiger partial charge is 0.508 e. The van der Waals surface area contributed by atoms with E-state index in [-0.39, 0.29) is 24.1 Å². The van der Waals surface area contributed by atoms with Crippen molar-refractivity contribution >= 4 is 23.3 Å². The molecule has 0 unspecified atom stereocenters. The number of carbonyl (C=O) groups is 2. The van der Waals surface area contributed by atoms with Crippen molar-refractivity contribution in [1.29, 1.82) is 0 Å². The molecule has 7 nitrogen and oxygen atoms in total. The molecule has 3 amide bonds. The van der Waals surface area contributed by atoms with E-state index < -0.39 is 0 Å². The van der Waals surface area contributed by atoms with E-state index in [2.05, 4.69) is 15.7 Å². The Morgan fingerprint density at radius 2 is 2.12 bits per heavy atom. The third kappa shape index (κ3) is 3.23. The van der Waals surface area contributed by atoms with Crippen molar-refractivity contribution in [2.24, 2.45) is 5.10 Å². The maximum atomic E-state index is 12.5. The number of fused-ring (bicyclic) bond motifs is 1. The monoisotopic (exact) mass is 350 g/mol. The molecule has 2 heterocycles. The Kier molecular flexibility index (Phi) is 4.04. The third-order valence-corrected chi connectivity index (χ3v) is 4.48. The molecule has 0 aromatic heterocycles. The fourth-order valence-corrected chi connectivity index (χ4v) is 3.16. The molecule has 2 aromatic carbocycles. The van der Waals surface area contributed by atoms with Gasteiger partial charge in [0.15, 0.2) is 0 Å². The van der Waals surface area contributed by atoms with Crippen molar-refractivity contribution < 1.29 is 14.7 Å². The Bertz CT molecular complexity index is 923. The number of nitrogens with zero attached hydrogens (tertiary/aromatic N) is 2. The Morgan fingerprint density at radius 3 is 2.96 bits per heavy atom. The number of nitrogens with one attached hydrogen (secondary N) is 2. The van der Waals surface area contributed by atoms with Crippen LogP contribution in [0, 0.1) is 0 Å². The van der Waals surface area contributed by atoms with Gasteiger partial charge in [-0.05, 0) is 41.0 Å². The molecule has 3 N–H and O–H groups in total. The minimum Gasteiger partial charge on any atom is -0.508 e. The summed E-state index contributed by atoms with van der Waals surface area (Å²) in [6.07, 6.45) is 0.885. The van der Waals surface area contributed by atoms with Crippen molar-refractivity contribution in [3.63, 3.8) is 0 Å². The summed E-state index contributed by atoms with van der Waals surface area (Å²) < 4.78 is 0. The van der Waals surface area contributed by atoms with Gasteiger partial charge in [0, 0.05) is 18.7 Å². The van der Waals surface area contributed by atoms with Gasteiger partial charge < -0.3 is 15.7 Å². The van der Waals surface area contributed by atoms with Crippen LogP contribution in [0.2, 0.25) is 0 Å². The minimum atomic E-state index is -0.202. The first-order valence-electron chi connectivity index (χ1n) is 8.42. The second-order valence-electron chi connectivity index (χ2n) is 6.34. The summed E-state index contributed by atoms with van der Waals surface area (Å²) >= 11 is 0. The van der Waals surface area contributed by atoms with Crippen LogP contribution >= 0.6 is 0 Å². The van der Waals surface area contributed by atoms with Crippen molar-refractivity contribution in [3.05, 3.63) is 59.2 Å². The van der Waals surface area contributed by atoms with Crippen LogP contribution in [0.1, 0.15) is 23.1 Å². The zero-order chi connectivity index (χ0) is 18.1. The van der Waals surface area contributed by atoms with Gasteiger partial charge in [0.2, 0.25) is 5.91 Å². The summed E-state index contributed by atoms with van der Waals surface area (Å²) in [4.78, 5) is 23.8. The summed E-state index contributed by atoms with van der Waals surface area (Å²) in [5, 5.41) is 21.0. The molecule has 0 fully saturated rings. The second-order valence-corrected chi connectivity index (χ2v) is 6.34. The lowest BCUT2D eigenvalue weighted by Gasteiger charge is -2.18. The number of urea groups is 1. The van der Waals surface area contributed by atoms with Crippen molar-refractivity contribution in [1.82, 2.24) is 10.3 Å². The molecular weight excluding hydrogens is 332 g/mol. The summed E-state index contributed by atoms with van der Waals surface area (Å²) in [7, 11) is 0. The summed E-state index contributed by atoms with van der Waals surface area (Å²) in [6.45, 7) is 1.02. The standard InChI is InChI=1S/C19H18N4O3/c24-15-3-1-2-12(8-15)9-18(25)23-7-6-17(22-23)13-4-5-16-14(10-13)11-20-19(26)21-16/h1-5,8,10,24H,6-7,9,11H2,(H2,20,21,26). The third-order valence-electron chi connectivity index (χ3n) is 4.48. The summed E-state index contributed by atoms with van der Waals surface area (Å²) in [5.41, 5.74) is 4.36. The quantitative estimate of drug-likeness (QED) is 0.792. The van der Waals surface area contributed by atoms with E-state index >= 15 is 0 Å². The van der Waals surface area contributed by atoms with Gasteiger partial charge in [0.25, 0.3) is 0 Å². The number of phenolic OH excluding ortho intramolecular Hbond substituents is 1. The van der Waals surface area contributed by atoms with Crippen LogP contribution in [0.3, 0.4) is 0 Å². The van der Waals surface area contributed by atoms with Gasteiger partial charge in [-0.25, -0.2) is 9.80 Å². The molecule has 7 heteroatoms. The number of hydrogen-bond donors (Lipinski definition) is 3. The van der Waals surface area contributed by atoms with Crippen LogP contribution in [0.25, 0.3) is 0 Å². The fraction of sp³-hybridized carbons (Fsp3) is 0.211. The summed E-state index contributed by atoms with van der Waals surface area (Å²) in [5.74, 6) is 0.0492. The number of benzene rings is 2. The highest BCUT2D eigenvalue weighted by Gasteiger charge is 2.23. The highest BCUT2D eigenvalue weighted by Crippen LogP contribution is 2.23. The SMILES string of the molecule is O=C1NCc2cc(C3=NN(C(=O)Cc4cccc(O)c4)CC3)ccc2N1. The first kappa shape index (κ1) is 16.1.